The van der Waals surface area contributed by atoms with Gasteiger partial charge in [-0.05, 0) is 43.9 Å². The molecule has 4 atom stereocenters. The van der Waals surface area contributed by atoms with Gasteiger partial charge in [-0.3, -0.25) is 38.4 Å². The number of ether oxygens (including phenoxy) is 1. The highest BCUT2D eigenvalue weighted by Crippen LogP contribution is 2.28. The molecular formula is C32H51N3O10. The van der Waals surface area contributed by atoms with Crippen LogP contribution in [0.2, 0.25) is 0 Å². The molecule has 0 spiro atoms. The van der Waals surface area contributed by atoms with Crippen molar-refractivity contribution in [2.45, 2.75) is 117 Å². The van der Waals surface area contributed by atoms with E-state index in [0.29, 0.717) is 25.8 Å². The summed E-state index contributed by atoms with van der Waals surface area (Å²) in [6, 6.07) is -1.86. The first-order chi connectivity index (χ1) is 21.1. The molecule has 1 aliphatic rings. The van der Waals surface area contributed by atoms with E-state index >= 15 is 0 Å². The van der Waals surface area contributed by atoms with Gasteiger partial charge in [0.2, 0.25) is 23.5 Å². The number of carboxylic acids is 1. The standard InChI is InChI=1S/C32H51N3O10/c1-6-9-21(30(42)25(36)13-14-27(38)34-23(31(33)43)10-7-12-28(39)40)16-26(37)24-11-8-15-35(24)32(44)22(20(4)5)17-29(41)45-18-19(2)3/h19-24H,6-18H2,1-5H3,(H2,33,43)(H,34,38)(H,39,40)/t21?,22?,23?,24-/m0/s1. The molecule has 1 saturated heterocycles. The third-order valence-electron chi connectivity index (χ3n) is 7.87. The molecule has 0 radical (unpaired) electrons. The molecule has 0 aromatic heterocycles. The molecule has 1 aliphatic heterocycles. The van der Waals surface area contributed by atoms with E-state index in [4.69, 9.17) is 15.6 Å². The first-order valence-corrected chi connectivity index (χ1v) is 15.9. The summed E-state index contributed by atoms with van der Waals surface area (Å²) in [5.74, 6) is -6.87. The van der Waals surface area contributed by atoms with E-state index in [0.717, 1.165) is 0 Å². The predicted molar refractivity (Wildman–Crippen MR) is 163 cm³/mol. The molecule has 254 valence electrons. The Hall–Kier alpha value is -3.64. The number of nitrogens with one attached hydrogen (secondary N) is 1. The van der Waals surface area contributed by atoms with Crippen molar-refractivity contribution in [1.82, 2.24) is 10.2 Å². The Morgan fingerprint density at radius 1 is 0.956 bits per heavy atom. The van der Waals surface area contributed by atoms with E-state index in [1.807, 2.05) is 34.6 Å². The van der Waals surface area contributed by atoms with Gasteiger partial charge < -0.3 is 25.8 Å². The zero-order valence-corrected chi connectivity index (χ0v) is 27.3. The first kappa shape index (κ1) is 39.4. The maximum absolute atomic E-state index is 13.5. The van der Waals surface area contributed by atoms with Crippen LogP contribution in [0.4, 0.5) is 0 Å². The molecule has 0 aliphatic carbocycles. The number of ketones is 3. The fourth-order valence-electron chi connectivity index (χ4n) is 5.33. The Morgan fingerprint density at radius 2 is 1.62 bits per heavy atom. The highest BCUT2D eigenvalue weighted by Gasteiger charge is 2.40. The molecule has 1 fully saturated rings. The van der Waals surface area contributed by atoms with E-state index in [2.05, 4.69) is 5.32 Å². The summed E-state index contributed by atoms with van der Waals surface area (Å²) in [5, 5.41) is 11.1. The van der Waals surface area contributed by atoms with Gasteiger partial charge in [0.05, 0.1) is 25.0 Å². The smallest absolute Gasteiger partial charge is 0.306 e. The van der Waals surface area contributed by atoms with Crippen LogP contribution in [-0.2, 0) is 43.1 Å². The number of primary amides is 1. The van der Waals surface area contributed by atoms with Gasteiger partial charge in [-0.1, -0.05) is 41.0 Å². The molecule has 13 nitrogen and oxygen atoms in total. The zero-order valence-electron chi connectivity index (χ0n) is 27.3. The lowest BCUT2D eigenvalue weighted by molar-refractivity contribution is -0.152. The van der Waals surface area contributed by atoms with Crippen molar-refractivity contribution in [3.05, 3.63) is 0 Å². The maximum atomic E-state index is 13.5. The molecule has 0 aromatic carbocycles. The number of hydrogen-bond donors (Lipinski definition) is 3. The number of carbonyl (C=O) groups excluding carboxylic acids is 7. The third-order valence-corrected chi connectivity index (χ3v) is 7.87. The van der Waals surface area contributed by atoms with Gasteiger partial charge in [-0.2, -0.15) is 0 Å². The topological polar surface area (TPSA) is 207 Å². The number of nitrogens with zero attached hydrogens (tertiary/aromatic N) is 1. The SMILES string of the molecule is CCCC(CC(=O)[C@@H]1CCCN1C(=O)C(CC(=O)OCC(C)C)C(C)C)C(=O)C(=O)CCC(=O)NC(CCCC(=O)O)C(N)=O. The lowest BCUT2D eigenvalue weighted by Gasteiger charge is -2.30. The minimum atomic E-state index is -1.11. The largest absolute Gasteiger partial charge is 0.481 e. The van der Waals surface area contributed by atoms with Crippen LogP contribution < -0.4 is 11.1 Å². The lowest BCUT2D eigenvalue weighted by atomic mass is 9.87. The van der Waals surface area contributed by atoms with Crippen molar-refractivity contribution in [3.8, 4) is 0 Å². The summed E-state index contributed by atoms with van der Waals surface area (Å²) < 4.78 is 5.28. The Bertz CT molecular complexity index is 1090. The molecule has 13 heteroatoms. The molecule has 0 aromatic rings. The monoisotopic (exact) mass is 637 g/mol. The number of carboxylic acid groups (broad SMARTS) is 1. The molecule has 1 rings (SSSR count). The van der Waals surface area contributed by atoms with Gasteiger partial charge in [-0.25, -0.2) is 0 Å². The number of nitrogens with two attached hydrogens (primary N) is 1. The second-order valence-corrected chi connectivity index (χ2v) is 12.6. The van der Waals surface area contributed by atoms with Gasteiger partial charge in [-0.15, -0.1) is 0 Å². The molecule has 4 N–H and O–H groups in total. The van der Waals surface area contributed by atoms with Crippen molar-refractivity contribution in [2.24, 2.45) is 29.4 Å². The minimum absolute atomic E-state index is 0.0156. The summed E-state index contributed by atoms with van der Waals surface area (Å²) in [5.41, 5.74) is 5.28. The highest BCUT2D eigenvalue weighted by molar-refractivity contribution is 6.38. The predicted octanol–water partition coefficient (Wildman–Crippen LogP) is 2.36. The summed E-state index contributed by atoms with van der Waals surface area (Å²) in [4.78, 5) is 101. The second kappa shape index (κ2) is 19.7. The Labute approximate surface area is 265 Å². The van der Waals surface area contributed by atoms with E-state index in [9.17, 15) is 38.4 Å². The van der Waals surface area contributed by atoms with Crippen LogP contribution in [0.5, 0.6) is 0 Å². The number of rotatable bonds is 22. The van der Waals surface area contributed by atoms with Crippen LogP contribution in [0.3, 0.4) is 0 Å². The average Bonchev–Trinajstić information content (AvgIpc) is 3.46. The van der Waals surface area contributed by atoms with Gasteiger partial charge in [0.15, 0.2) is 11.6 Å². The van der Waals surface area contributed by atoms with Crippen molar-refractivity contribution in [3.63, 3.8) is 0 Å². The maximum Gasteiger partial charge on any atom is 0.306 e. The van der Waals surface area contributed by atoms with E-state index in [1.165, 1.54) is 4.90 Å². The quantitative estimate of drug-likeness (QED) is 0.117. The van der Waals surface area contributed by atoms with Gasteiger partial charge in [0.1, 0.15) is 6.04 Å². The number of Topliss-reactive ketones (excluding diaryl/α,β-unsaturated/α-hetero) is 3. The molecule has 3 unspecified atom stereocenters. The first-order valence-electron chi connectivity index (χ1n) is 15.9. The van der Waals surface area contributed by atoms with Crippen molar-refractivity contribution >= 4 is 47.0 Å². The molecule has 0 saturated carbocycles. The summed E-state index contributed by atoms with van der Waals surface area (Å²) in [6.45, 7) is 9.91. The molecule has 45 heavy (non-hydrogen) atoms. The second-order valence-electron chi connectivity index (χ2n) is 12.6. The Morgan fingerprint density at radius 3 is 2.18 bits per heavy atom. The zero-order chi connectivity index (χ0) is 34.3. The van der Waals surface area contributed by atoms with E-state index in [1.54, 1.807) is 0 Å². The van der Waals surface area contributed by atoms with Crippen molar-refractivity contribution in [1.29, 1.82) is 0 Å². The number of amides is 3. The molecular weight excluding hydrogens is 586 g/mol. The van der Waals surface area contributed by atoms with Crippen LogP contribution in [0.15, 0.2) is 0 Å². The van der Waals surface area contributed by atoms with Gasteiger partial charge >= 0.3 is 11.9 Å². The Balaban J connectivity index is 2.83. The number of hydrogen-bond acceptors (Lipinski definition) is 9. The fourth-order valence-corrected chi connectivity index (χ4v) is 5.33. The number of carbonyl (C=O) groups is 8. The van der Waals surface area contributed by atoms with Crippen LogP contribution in [0, 0.1) is 23.7 Å². The third kappa shape index (κ3) is 13.9. The van der Waals surface area contributed by atoms with Crippen molar-refractivity contribution in [2.75, 3.05) is 13.2 Å². The minimum Gasteiger partial charge on any atom is -0.481 e. The summed E-state index contributed by atoms with van der Waals surface area (Å²) >= 11 is 0. The van der Waals surface area contributed by atoms with E-state index in [-0.39, 0.29) is 75.1 Å². The highest BCUT2D eigenvalue weighted by atomic mass is 16.5. The van der Waals surface area contributed by atoms with E-state index < -0.39 is 65.7 Å². The van der Waals surface area contributed by atoms with Crippen LogP contribution >= 0.6 is 0 Å². The molecule has 1 heterocycles. The number of likely N-dealkylation sites (tertiary alicyclic amines) is 1. The molecule has 3 amide bonds. The van der Waals surface area contributed by atoms with Crippen LogP contribution in [0.25, 0.3) is 0 Å². The number of aliphatic carboxylic acids is 1. The van der Waals surface area contributed by atoms with Crippen molar-refractivity contribution < 1.29 is 48.2 Å². The van der Waals surface area contributed by atoms with Gasteiger partial charge in [0, 0.05) is 38.1 Å². The van der Waals surface area contributed by atoms with Crippen LogP contribution in [-0.4, -0.2) is 82.3 Å². The average molecular weight is 638 g/mol. The molecule has 0 bridgehead atoms. The summed E-state index contributed by atoms with van der Waals surface area (Å²) in [7, 11) is 0. The fraction of sp³-hybridized carbons (Fsp3) is 0.750. The van der Waals surface area contributed by atoms with Crippen LogP contribution in [0.1, 0.15) is 105 Å². The summed E-state index contributed by atoms with van der Waals surface area (Å²) in [6.07, 6.45) is 0.581. The number of esters is 1. The lowest BCUT2D eigenvalue weighted by Crippen LogP contribution is -2.46. The Kier molecular flexibility index (Phi) is 17.2. The van der Waals surface area contributed by atoms with Gasteiger partial charge in [0.25, 0.3) is 0 Å². The normalized spacial score (nSPS) is 16.6.